The molecule has 2 rings (SSSR count). The number of rotatable bonds is 12. The highest BCUT2D eigenvalue weighted by Crippen LogP contribution is 2.30. The largest absolute Gasteiger partial charge is 0.544 e. The van der Waals surface area contributed by atoms with Crippen LogP contribution in [0.25, 0.3) is 11.1 Å². The number of benzene rings is 2. The second-order valence-electron chi connectivity index (χ2n) is 9.90. The molecule has 4 heteroatoms. The lowest BCUT2D eigenvalue weighted by Gasteiger charge is -2.30. The third kappa shape index (κ3) is 8.44. The van der Waals surface area contributed by atoms with Crippen LogP contribution in [-0.4, -0.2) is 38.5 Å². The minimum atomic E-state index is -1.67. The fraction of sp³-hybridized carbons (Fsp3) is 0.556. The maximum atomic E-state index is 6.31. The lowest BCUT2D eigenvalue weighted by atomic mass is 9.99. The Morgan fingerprint density at radius 3 is 2.19 bits per heavy atom. The highest BCUT2D eigenvalue weighted by atomic mass is 28.4. The highest BCUT2D eigenvalue weighted by Gasteiger charge is 2.19. The summed E-state index contributed by atoms with van der Waals surface area (Å²) in [5, 5.41) is 0. The van der Waals surface area contributed by atoms with Crippen LogP contribution in [0.15, 0.2) is 42.5 Å². The average molecular weight is 442 g/mol. The summed E-state index contributed by atoms with van der Waals surface area (Å²) in [5.41, 5.74) is 5.03. The van der Waals surface area contributed by atoms with Gasteiger partial charge in [0.25, 0.3) is 0 Å². The second-order valence-corrected chi connectivity index (χ2v) is 14.3. The molecular formula is C27H43NO2Si. The molecule has 0 aromatic heterocycles. The Morgan fingerprint density at radius 2 is 1.58 bits per heavy atom. The van der Waals surface area contributed by atoms with Crippen LogP contribution in [0.4, 0.5) is 0 Å². The molecule has 0 saturated carbocycles. The standard InChI is InChI=1S/C27H43NO2Si/c1-9-29-20-26-19-25(15-16-27(26)30-31(6,7)8)24-14-10-12-23(18-24)13-11-17-28(21(2)3)22(4)5/h10,12,14-16,18-19,21-22H,9,11,13,17,20H2,1-8H3. The van der Waals surface area contributed by atoms with E-state index in [1.165, 1.54) is 23.1 Å². The van der Waals surface area contributed by atoms with Crippen molar-refractivity contribution in [3.63, 3.8) is 0 Å². The number of hydrogen-bond acceptors (Lipinski definition) is 3. The summed E-state index contributed by atoms with van der Waals surface area (Å²) in [7, 11) is -1.67. The lowest BCUT2D eigenvalue weighted by molar-refractivity contribution is 0.133. The molecule has 3 nitrogen and oxygen atoms in total. The van der Waals surface area contributed by atoms with Crippen LogP contribution in [0.5, 0.6) is 5.75 Å². The first kappa shape index (κ1) is 25.6. The van der Waals surface area contributed by atoms with Gasteiger partial charge in [-0.2, -0.15) is 0 Å². The summed E-state index contributed by atoms with van der Waals surface area (Å²) in [6, 6.07) is 16.7. The van der Waals surface area contributed by atoms with E-state index in [0.29, 0.717) is 25.3 Å². The minimum Gasteiger partial charge on any atom is -0.544 e. The first-order valence-corrected chi connectivity index (χ1v) is 15.3. The van der Waals surface area contributed by atoms with Gasteiger partial charge in [-0.05, 0) is 102 Å². The molecule has 31 heavy (non-hydrogen) atoms. The first-order chi connectivity index (χ1) is 14.6. The third-order valence-electron chi connectivity index (χ3n) is 5.41. The Bertz CT molecular complexity index is 803. The van der Waals surface area contributed by atoms with Gasteiger partial charge < -0.3 is 9.16 Å². The number of nitrogens with zero attached hydrogens (tertiary/aromatic N) is 1. The molecule has 0 aliphatic rings. The van der Waals surface area contributed by atoms with Crippen molar-refractivity contribution in [2.45, 2.75) is 85.8 Å². The van der Waals surface area contributed by atoms with Gasteiger partial charge in [0.15, 0.2) is 0 Å². The fourth-order valence-electron chi connectivity index (χ4n) is 4.00. The van der Waals surface area contributed by atoms with E-state index in [9.17, 15) is 0 Å². The number of hydrogen-bond donors (Lipinski definition) is 0. The molecule has 0 N–H and O–H groups in total. The van der Waals surface area contributed by atoms with Crippen LogP contribution in [0.1, 0.15) is 52.2 Å². The van der Waals surface area contributed by atoms with Crippen molar-refractivity contribution in [3.05, 3.63) is 53.6 Å². The molecule has 0 fully saturated rings. The van der Waals surface area contributed by atoms with Gasteiger partial charge in [-0.25, -0.2) is 0 Å². The summed E-state index contributed by atoms with van der Waals surface area (Å²) in [5.74, 6) is 0.968. The van der Waals surface area contributed by atoms with Gasteiger partial charge in [0.1, 0.15) is 5.75 Å². The van der Waals surface area contributed by atoms with Crippen molar-refractivity contribution in [2.75, 3.05) is 13.2 Å². The summed E-state index contributed by atoms with van der Waals surface area (Å²) < 4.78 is 12.0. The fourth-order valence-corrected chi connectivity index (χ4v) is 4.86. The number of aryl methyl sites for hydroxylation is 1. The topological polar surface area (TPSA) is 21.7 Å². The van der Waals surface area contributed by atoms with E-state index < -0.39 is 8.32 Å². The zero-order chi connectivity index (χ0) is 23.0. The average Bonchev–Trinajstić information content (AvgIpc) is 2.69. The Morgan fingerprint density at radius 1 is 0.903 bits per heavy atom. The molecule has 0 aliphatic carbocycles. The highest BCUT2D eigenvalue weighted by molar-refractivity contribution is 6.70. The maximum absolute atomic E-state index is 6.31. The SMILES string of the molecule is CCOCc1cc(-c2cccc(CCCN(C(C)C)C(C)C)c2)ccc1O[Si](C)(C)C. The predicted octanol–water partition coefficient (Wildman–Crippen LogP) is 7.16. The van der Waals surface area contributed by atoms with E-state index in [0.717, 1.165) is 24.3 Å². The molecular weight excluding hydrogens is 398 g/mol. The molecule has 0 heterocycles. The smallest absolute Gasteiger partial charge is 0.242 e. The van der Waals surface area contributed by atoms with Crippen molar-refractivity contribution in [1.29, 1.82) is 0 Å². The number of ether oxygens (including phenoxy) is 1. The third-order valence-corrected chi connectivity index (χ3v) is 6.24. The second kappa shape index (κ2) is 11.8. The zero-order valence-corrected chi connectivity index (χ0v) is 22.0. The summed E-state index contributed by atoms with van der Waals surface area (Å²) >= 11 is 0. The van der Waals surface area contributed by atoms with Crippen LogP contribution in [0.2, 0.25) is 19.6 Å². The van der Waals surface area contributed by atoms with Crippen molar-refractivity contribution in [1.82, 2.24) is 4.90 Å². The summed E-state index contributed by atoms with van der Waals surface area (Å²) in [4.78, 5) is 2.57. The van der Waals surface area contributed by atoms with Gasteiger partial charge in [-0.15, -0.1) is 0 Å². The molecule has 0 radical (unpaired) electrons. The van der Waals surface area contributed by atoms with Gasteiger partial charge in [-0.1, -0.05) is 30.3 Å². The van der Waals surface area contributed by atoms with E-state index in [2.05, 4.69) is 94.7 Å². The molecule has 0 aliphatic heterocycles. The van der Waals surface area contributed by atoms with Gasteiger partial charge in [0.05, 0.1) is 6.61 Å². The molecule has 2 aromatic rings. The Kier molecular flexibility index (Phi) is 9.79. The molecule has 0 unspecified atom stereocenters. The van der Waals surface area contributed by atoms with Crippen LogP contribution in [-0.2, 0) is 17.8 Å². The van der Waals surface area contributed by atoms with Gasteiger partial charge in [0.2, 0.25) is 8.32 Å². The summed E-state index contributed by atoms with van der Waals surface area (Å²) in [6.07, 6.45) is 2.28. The quantitative estimate of drug-likeness (QED) is 0.326. The molecule has 0 saturated heterocycles. The van der Waals surface area contributed by atoms with Crippen molar-refractivity contribution in [3.8, 4) is 16.9 Å². The van der Waals surface area contributed by atoms with Crippen LogP contribution >= 0.6 is 0 Å². The van der Waals surface area contributed by atoms with E-state index in [1.807, 2.05) is 6.92 Å². The molecule has 0 spiro atoms. The normalized spacial score (nSPS) is 12.2. The van der Waals surface area contributed by atoms with Crippen molar-refractivity contribution in [2.24, 2.45) is 0 Å². The molecule has 0 bridgehead atoms. The molecule has 0 amide bonds. The van der Waals surface area contributed by atoms with E-state index in [1.54, 1.807) is 0 Å². The zero-order valence-electron chi connectivity index (χ0n) is 21.0. The van der Waals surface area contributed by atoms with Crippen molar-refractivity contribution >= 4 is 8.32 Å². The first-order valence-electron chi connectivity index (χ1n) is 11.9. The van der Waals surface area contributed by atoms with E-state index in [4.69, 9.17) is 9.16 Å². The molecule has 2 aromatic carbocycles. The van der Waals surface area contributed by atoms with Crippen LogP contribution < -0.4 is 4.43 Å². The molecule has 172 valence electrons. The van der Waals surface area contributed by atoms with Gasteiger partial charge in [0, 0.05) is 24.3 Å². The lowest BCUT2D eigenvalue weighted by Crippen LogP contribution is -2.37. The van der Waals surface area contributed by atoms with E-state index >= 15 is 0 Å². The van der Waals surface area contributed by atoms with Crippen molar-refractivity contribution < 1.29 is 9.16 Å². The molecule has 0 atom stereocenters. The van der Waals surface area contributed by atoms with E-state index in [-0.39, 0.29) is 0 Å². The van der Waals surface area contributed by atoms with Crippen LogP contribution in [0.3, 0.4) is 0 Å². The maximum Gasteiger partial charge on any atom is 0.242 e. The summed E-state index contributed by atoms with van der Waals surface area (Å²) in [6.45, 7) is 20.3. The Labute approximate surface area is 191 Å². The van der Waals surface area contributed by atoms with Gasteiger partial charge >= 0.3 is 0 Å². The Balaban J connectivity index is 2.17. The predicted molar refractivity (Wildman–Crippen MR) is 136 cm³/mol. The monoisotopic (exact) mass is 441 g/mol. The van der Waals surface area contributed by atoms with Gasteiger partial charge in [-0.3, -0.25) is 4.90 Å². The van der Waals surface area contributed by atoms with Crippen LogP contribution in [0, 0.1) is 0 Å². The Hall–Kier alpha value is -1.62. The minimum absolute atomic E-state index is 0.587.